The molecule has 0 spiro atoms. The summed E-state index contributed by atoms with van der Waals surface area (Å²) in [4.78, 5) is 57.8. The largest absolute Gasteiger partial charge is 0.448 e. The van der Waals surface area contributed by atoms with E-state index in [9.17, 15) is 29.4 Å². The third-order valence-electron chi connectivity index (χ3n) is 15.4. The Balaban J connectivity index is 1.13. The molecule has 12 heteroatoms. The summed E-state index contributed by atoms with van der Waals surface area (Å²) in [6.07, 6.45) is 8.61. The first kappa shape index (κ1) is 39.7. The number of aromatic nitrogens is 1. The maximum Gasteiger partial charge on any atom is 0.344 e. The molecule has 1 aromatic heterocycles. The summed E-state index contributed by atoms with van der Waals surface area (Å²) in [5.41, 5.74) is 2.31. The average Bonchev–Trinajstić information content (AvgIpc) is 3.95. The summed E-state index contributed by atoms with van der Waals surface area (Å²) in [7, 11) is 0. The van der Waals surface area contributed by atoms with Crippen molar-refractivity contribution in [3.63, 3.8) is 0 Å². The van der Waals surface area contributed by atoms with Gasteiger partial charge in [0.25, 0.3) is 0 Å². The lowest BCUT2D eigenvalue weighted by molar-refractivity contribution is -0.190. The van der Waals surface area contributed by atoms with Crippen LogP contribution in [0.5, 0.6) is 0 Å². The lowest BCUT2D eigenvalue weighted by Gasteiger charge is -2.60. The van der Waals surface area contributed by atoms with E-state index in [1.165, 1.54) is 20.8 Å². The molecule has 1 unspecified atom stereocenters. The summed E-state index contributed by atoms with van der Waals surface area (Å²) < 4.78 is 24.4. The summed E-state index contributed by atoms with van der Waals surface area (Å²) in [5.74, 6) is -2.33. The third kappa shape index (κ3) is 5.71. The van der Waals surface area contributed by atoms with Gasteiger partial charge in [0.15, 0.2) is 17.2 Å². The van der Waals surface area contributed by atoms with Crippen molar-refractivity contribution in [2.24, 2.45) is 34.3 Å². The third-order valence-corrected chi connectivity index (χ3v) is 15.8. The second-order valence-electron chi connectivity index (χ2n) is 19.1. The van der Waals surface area contributed by atoms with Gasteiger partial charge in [0.05, 0.1) is 27.7 Å². The van der Waals surface area contributed by atoms with Gasteiger partial charge < -0.3 is 30.2 Å². The van der Waals surface area contributed by atoms with Crippen LogP contribution in [-0.4, -0.2) is 68.8 Å². The molecule has 8 rings (SSSR count). The minimum atomic E-state index is -1.92. The number of allylic oxidation sites excluding steroid dienone is 1. The highest BCUT2D eigenvalue weighted by Crippen LogP contribution is 2.68. The Kier molecular flexibility index (Phi) is 9.54. The summed E-state index contributed by atoms with van der Waals surface area (Å²) in [5, 5.41) is 24.6. The predicted octanol–water partition coefficient (Wildman–Crippen LogP) is 6.80. The van der Waals surface area contributed by atoms with Crippen molar-refractivity contribution in [1.29, 1.82) is 0 Å². The van der Waals surface area contributed by atoms with E-state index in [0.29, 0.717) is 43.6 Å². The number of hydrogen-bond donors (Lipinski definition) is 3. The second kappa shape index (κ2) is 13.5. The summed E-state index contributed by atoms with van der Waals surface area (Å²) >= 11 is 7.11. The van der Waals surface area contributed by atoms with Gasteiger partial charge >= 0.3 is 5.97 Å². The van der Waals surface area contributed by atoms with E-state index in [1.54, 1.807) is 13.0 Å². The van der Waals surface area contributed by atoms with Crippen LogP contribution in [0.3, 0.4) is 0 Å². The molecule has 56 heavy (non-hydrogen) atoms. The molecule has 4 N–H and O–H groups in total. The van der Waals surface area contributed by atoms with Gasteiger partial charge in [-0.05, 0) is 121 Å². The first-order chi connectivity index (χ1) is 26.3. The van der Waals surface area contributed by atoms with Crippen LogP contribution in [0.4, 0.5) is 10.1 Å². The van der Waals surface area contributed by atoms with Crippen LogP contribution in [0.25, 0.3) is 10.9 Å². The van der Waals surface area contributed by atoms with E-state index < -0.39 is 45.7 Å². The highest BCUT2D eigenvalue weighted by Gasteiger charge is 2.70. The van der Waals surface area contributed by atoms with Gasteiger partial charge in [0.2, 0.25) is 11.2 Å². The zero-order valence-electron chi connectivity index (χ0n) is 33.6. The zero-order chi connectivity index (χ0) is 40.4. The van der Waals surface area contributed by atoms with Crippen molar-refractivity contribution in [3.8, 4) is 0 Å². The maximum atomic E-state index is 16.5. The molecule has 1 aromatic carbocycles. The van der Waals surface area contributed by atoms with E-state index in [2.05, 4.69) is 6.92 Å². The number of fused-ring (bicyclic) bond motifs is 6. The number of halogens is 2. The van der Waals surface area contributed by atoms with Gasteiger partial charge in [-0.2, -0.15) is 0 Å². The van der Waals surface area contributed by atoms with Crippen molar-refractivity contribution in [3.05, 3.63) is 49.5 Å². The molecule has 5 aliphatic carbocycles. The van der Waals surface area contributed by atoms with Crippen molar-refractivity contribution < 1.29 is 33.7 Å². The fraction of sp³-hybridized carbons (Fsp3) is 0.682. The molecule has 6 aliphatic rings. The molecule has 0 bridgehead atoms. The van der Waals surface area contributed by atoms with Crippen LogP contribution < -0.4 is 16.1 Å². The molecule has 5 fully saturated rings. The molecule has 2 aromatic rings. The maximum absolute atomic E-state index is 16.5. The first-order valence-electron chi connectivity index (χ1n) is 20.8. The number of pyridine rings is 1. The van der Waals surface area contributed by atoms with E-state index in [1.807, 2.05) is 16.4 Å². The Morgan fingerprint density at radius 1 is 1.05 bits per heavy atom. The Hall–Kier alpha value is -3.12. The molecule has 1 saturated heterocycles. The number of aliphatic hydroxyl groups excluding tert-OH is 1. The highest BCUT2D eigenvalue weighted by atomic mass is 35.5. The van der Waals surface area contributed by atoms with Gasteiger partial charge in [-0.25, -0.2) is 9.18 Å². The van der Waals surface area contributed by atoms with Crippen molar-refractivity contribution in [1.82, 2.24) is 4.57 Å². The normalized spacial score (nSPS) is 34.7. The standard InChI is InChI=1S/C44H57ClFN3O7/c1-22-31-36(34(45)37(35(22)46)48-18-8-7-9-25(47)21-48)49(26-11-12-26)23(2)32(38(31)52)39(53)56-41(3,4)40(54)44(55)17-15-29-28-13-10-24-19-27(50)14-16-42(24,5)33(28)30(51)20-43(29,44)6/h19,25-26,28-30,33,51,55H,7-18,20-21,47H2,1-6H3/t25-,28+,29+,30+,33?,42+,43+,44+/m1/s1. The van der Waals surface area contributed by atoms with Crippen molar-refractivity contribution >= 4 is 45.7 Å². The number of nitrogens with two attached hydrogens (primary N) is 1. The Labute approximate surface area is 333 Å². The number of carbonyl (C=O) groups excluding carboxylic acids is 3. The zero-order valence-corrected chi connectivity index (χ0v) is 34.4. The number of ketones is 2. The summed E-state index contributed by atoms with van der Waals surface area (Å²) in [6.45, 7) is 11.1. The highest BCUT2D eigenvalue weighted by molar-refractivity contribution is 6.38. The number of Topliss-reactive ketones (excluding diaryl/α,β-unsaturated/α-hetero) is 1. The molecule has 8 atom stereocenters. The lowest BCUT2D eigenvalue weighted by Crippen LogP contribution is -2.64. The predicted molar refractivity (Wildman–Crippen MR) is 213 cm³/mol. The van der Waals surface area contributed by atoms with E-state index in [0.717, 1.165) is 50.5 Å². The fourth-order valence-corrected chi connectivity index (χ4v) is 12.8. The number of carbonyl (C=O) groups is 3. The minimum absolute atomic E-state index is 0.000914. The van der Waals surface area contributed by atoms with E-state index in [-0.39, 0.29) is 81.1 Å². The van der Waals surface area contributed by atoms with E-state index >= 15 is 4.39 Å². The van der Waals surface area contributed by atoms with Crippen LogP contribution in [0.15, 0.2) is 16.4 Å². The number of aliphatic hydroxyl groups is 2. The second-order valence-corrected chi connectivity index (χ2v) is 19.5. The molecule has 2 heterocycles. The fourth-order valence-electron chi connectivity index (χ4n) is 12.4. The van der Waals surface area contributed by atoms with Crippen LogP contribution >= 0.6 is 11.6 Å². The molecule has 0 amide bonds. The average molecular weight is 794 g/mol. The number of hydrogen-bond acceptors (Lipinski definition) is 9. The monoisotopic (exact) mass is 793 g/mol. The molecule has 304 valence electrons. The number of ether oxygens (including phenoxy) is 1. The van der Waals surface area contributed by atoms with Crippen LogP contribution in [0.1, 0.15) is 132 Å². The van der Waals surface area contributed by atoms with Crippen molar-refractivity contribution in [2.75, 3.05) is 18.0 Å². The number of nitrogens with zero attached hydrogens (tertiary/aromatic N) is 2. The Morgan fingerprint density at radius 3 is 2.46 bits per heavy atom. The molecular formula is C44H57ClFN3O7. The molecular weight excluding hydrogens is 737 g/mol. The van der Waals surface area contributed by atoms with Gasteiger partial charge in [-0.15, -0.1) is 0 Å². The van der Waals surface area contributed by atoms with Crippen molar-refractivity contribution in [2.45, 2.75) is 148 Å². The van der Waals surface area contributed by atoms with Gasteiger partial charge in [0, 0.05) is 48.3 Å². The molecule has 0 radical (unpaired) electrons. The molecule has 10 nitrogen and oxygen atoms in total. The molecule has 1 aliphatic heterocycles. The molecule has 4 saturated carbocycles. The number of anilines is 1. The lowest BCUT2D eigenvalue weighted by atomic mass is 9.45. The van der Waals surface area contributed by atoms with Gasteiger partial charge in [-0.1, -0.05) is 37.4 Å². The van der Waals surface area contributed by atoms with Gasteiger partial charge in [0.1, 0.15) is 11.2 Å². The Morgan fingerprint density at radius 2 is 1.77 bits per heavy atom. The Bertz CT molecular complexity index is 2140. The number of esters is 1. The topological polar surface area (TPSA) is 152 Å². The van der Waals surface area contributed by atoms with E-state index in [4.69, 9.17) is 22.1 Å². The first-order valence-corrected chi connectivity index (χ1v) is 21.1. The number of aryl methyl sites for hydroxylation is 1. The van der Waals surface area contributed by atoms with Crippen LogP contribution in [0, 0.1) is 48.2 Å². The number of benzene rings is 1. The SMILES string of the molecule is Cc1c(F)c(N2CCCC[C@@H](N)C2)c(Cl)c2c1c(=O)c(C(=O)OC(C)(C)C(=O)[C@@]1(O)CC[C@H]3[C@@H]4CCC5=CC(=O)CC[C@]5(C)C4[C@@H](O)C[C@@]31C)c(C)n2C1CC1. The van der Waals surface area contributed by atoms with Crippen LogP contribution in [-0.2, 0) is 14.3 Å². The smallest absolute Gasteiger partial charge is 0.344 e. The van der Waals surface area contributed by atoms with Gasteiger partial charge in [-0.3, -0.25) is 14.4 Å². The minimum Gasteiger partial charge on any atom is -0.448 e. The summed E-state index contributed by atoms with van der Waals surface area (Å²) in [6, 6.07) is -0.220. The quantitative estimate of drug-likeness (QED) is 0.268. The number of rotatable bonds is 6. The van der Waals surface area contributed by atoms with Crippen LogP contribution in [0.2, 0.25) is 5.02 Å².